The molecule has 46 heavy (non-hydrogen) atoms. The summed E-state index contributed by atoms with van der Waals surface area (Å²) >= 11 is 6.89. The number of aryl methyl sites for hydroxylation is 1. The average molecular weight is 649 g/mol. The van der Waals surface area contributed by atoms with Gasteiger partial charge in [0.1, 0.15) is 0 Å². The van der Waals surface area contributed by atoms with Crippen molar-refractivity contribution in [3.8, 4) is 11.1 Å². The molecular weight excluding hydrogens is 604 g/mol. The number of carbonyl (C=O) groups excluding carboxylic acids is 3. The fourth-order valence-electron chi connectivity index (χ4n) is 6.53. The van der Waals surface area contributed by atoms with Crippen molar-refractivity contribution in [2.24, 2.45) is 11.7 Å². The zero-order valence-electron chi connectivity index (χ0n) is 26.9. The molecule has 1 fully saturated rings. The molecular formula is C36H45ClN4O5. The van der Waals surface area contributed by atoms with Crippen molar-refractivity contribution in [3.63, 3.8) is 0 Å². The second-order valence-electron chi connectivity index (χ2n) is 11.9. The summed E-state index contributed by atoms with van der Waals surface area (Å²) in [6.45, 7) is 3.81. The first-order chi connectivity index (χ1) is 22.1. The smallest absolute Gasteiger partial charge is 0.406 e. The number of likely N-dealkylation sites (tertiary alicyclic amines) is 1. The van der Waals surface area contributed by atoms with E-state index in [4.69, 9.17) is 22.1 Å². The Bertz CT molecular complexity index is 1550. The molecule has 0 aliphatic carbocycles. The molecule has 1 saturated heterocycles. The summed E-state index contributed by atoms with van der Waals surface area (Å²) in [6, 6.07) is 19.2. The van der Waals surface area contributed by atoms with Crippen LogP contribution < -0.4 is 16.4 Å². The molecule has 1 aliphatic rings. The Balaban J connectivity index is 1.73. The normalized spacial score (nSPS) is 16.0. The maximum Gasteiger partial charge on any atom is 0.406 e. The second-order valence-corrected chi connectivity index (χ2v) is 12.3. The lowest BCUT2D eigenvalue weighted by Crippen LogP contribution is -2.48. The van der Waals surface area contributed by atoms with E-state index >= 15 is 0 Å². The molecule has 2 atom stereocenters. The third kappa shape index (κ3) is 8.26. The van der Waals surface area contributed by atoms with Gasteiger partial charge in [-0.2, -0.15) is 0 Å². The van der Waals surface area contributed by atoms with Gasteiger partial charge in [-0.25, -0.2) is 4.79 Å². The molecule has 4 rings (SSSR count). The van der Waals surface area contributed by atoms with Crippen LogP contribution in [0.2, 0.25) is 5.02 Å². The van der Waals surface area contributed by atoms with Gasteiger partial charge in [0.2, 0.25) is 5.91 Å². The Morgan fingerprint density at radius 2 is 1.89 bits per heavy atom. The first-order valence-electron chi connectivity index (χ1n) is 15.9. The van der Waals surface area contributed by atoms with E-state index in [1.54, 1.807) is 11.0 Å². The van der Waals surface area contributed by atoms with Crippen molar-refractivity contribution >= 4 is 29.5 Å². The molecule has 246 valence electrons. The lowest BCUT2D eigenvalue weighted by Gasteiger charge is -2.44. The van der Waals surface area contributed by atoms with Crippen LogP contribution >= 0.6 is 11.6 Å². The maximum atomic E-state index is 14.1. The Labute approximate surface area is 276 Å². The highest BCUT2D eigenvalue weighted by Gasteiger charge is 2.43. The minimum absolute atomic E-state index is 0.0459. The Morgan fingerprint density at radius 3 is 2.61 bits per heavy atom. The fraction of sp³-hybridized carbons (Fsp3) is 0.417. The molecule has 3 aromatic rings. The highest BCUT2D eigenvalue weighted by atomic mass is 35.5. The van der Waals surface area contributed by atoms with Crippen molar-refractivity contribution in [1.82, 2.24) is 15.5 Å². The molecule has 0 saturated carbocycles. The van der Waals surface area contributed by atoms with Crippen LogP contribution in [0.4, 0.5) is 4.79 Å². The number of aliphatic hydroxyl groups is 1. The minimum atomic E-state index is -1.38. The molecule has 1 aliphatic heterocycles. The molecule has 1 unspecified atom stereocenters. The minimum Gasteiger partial charge on any atom is -0.453 e. The van der Waals surface area contributed by atoms with Gasteiger partial charge in [0.05, 0.1) is 19.1 Å². The highest BCUT2D eigenvalue weighted by Crippen LogP contribution is 2.46. The first kappa shape index (κ1) is 34.9. The van der Waals surface area contributed by atoms with Crippen molar-refractivity contribution in [2.45, 2.75) is 57.6 Å². The van der Waals surface area contributed by atoms with Crippen LogP contribution in [-0.2, 0) is 34.5 Å². The summed E-state index contributed by atoms with van der Waals surface area (Å²) in [5, 5.41) is 19.2. The largest absolute Gasteiger partial charge is 0.453 e. The van der Waals surface area contributed by atoms with Crippen LogP contribution in [0.25, 0.3) is 11.1 Å². The molecule has 3 aromatic carbocycles. The standard InChI is InChI=1S/C36H45ClN4O5/c1-4-24-9-5-10-26(19-24)33-30(12-6-13-31(33)37)36(45,16-8-17-40-35(44)46-3)28-11-7-18-41(23-28)34(43)29-15-14-25(22-39-2)20-27(29)21-32(38)42/h5-6,9-10,12-15,19-20,28,39,45H,4,7-8,11,16-18,21-23H2,1-3H3,(H2,38,42)(H,40,44)/t28-,36?/m1/s1. The zero-order chi connectivity index (χ0) is 33.3. The SMILES string of the molecule is CCc1cccc(-c2c(Cl)cccc2C(O)(CCCNC(=O)OC)[C@@H]2CCCN(C(=O)c3ccc(CNC)cc3CC(N)=O)C2)c1. The van der Waals surface area contributed by atoms with Crippen molar-refractivity contribution in [3.05, 3.63) is 93.5 Å². The summed E-state index contributed by atoms with van der Waals surface area (Å²) in [6.07, 6.45) is 2.41. The van der Waals surface area contributed by atoms with Crippen LogP contribution in [0.5, 0.6) is 0 Å². The molecule has 0 aromatic heterocycles. The number of primary amides is 1. The molecule has 10 heteroatoms. The van der Waals surface area contributed by atoms with E-state index < -0.39 is 17.6 Å². The van der Waals surface area contributed by atoms with Crippen LogP contribution in [0.3, 0.4) is 0 Å². The number of nitrogens with two attached hydrogens (primary N) is 1. The van der Waals surface area contributed by atoms with E-state index in [-0.39, 0.29) is 18.2 Å². The van der Waals surface area contributed by atoms with Gasteiger partial charge < -0.3 is 31.1 Å². The third-order valence-electron chi connectivity index (χ3n) is 8.82. The predicted octanol–water partition coefficient (Wildman–Crippen LogP) is 5.19. The van der Waals surface area contributed by atoms with Crippen molar-refractivity contribution < 1.29 is 24.2 Å². The number of halogens is 1. The van der Waals surface area contributed by atoms with Crippen LogP contribution in [0.15, 0.2) is 60.7 Å². The third-order valence-corrected chi connectivity index (χ3v) is 9.14. The van der Waals surface area contributed by atoms with E-state index in [2.05, 4.69) is 29.7 Å². The van der Waals surface area contributed by atoms with E-state index in [0.717, 1.165) is 28.7 Å². The van der Waals surface area contributed by atoms with Crippen LogP contribution in [-0.4, -0.2) is 61.7 Å². The monoisotopic (exact) mass is 648 g/mol. The van der Waals surface area contributed by atoms with Gasteiger partial charge in [-0.15, -0.1) is 0 Å². The number of nitrogens with zero attached hydrogens (tertiary/aromatic N) is 1. The first-order valence-corrected chi connectivity index (χ1v) is 16.3. The molecule has 3 amide bonds. The van der Waals surface area contributed by atoms with Gasteiger partial charge in [0.15, 0.2) is 0 Å². The number of alkyl carbamates (subject to hydrolysis) is 1. The molecule has 0 radical (unpaired) electrons. The van der Waals surface area contributed by atoms with Crippen molar-refractivity contribution in [2.75, 3.05) is 33.8 Å². The number of hydrogen-bond donors (Lipinski definition) is 4. The summed E-state index contributed by atoms with van der Waals surface area (Å²) in [7, 11) is 3.14. The molecule has 5 N–H and O–H groups in total. The van der Waals surface area contributed by atoms with E-state index in [1.807, 2.05) is 49.5 Å². The van der Waals surface area contributed by atoms with Gasteiger partial charge >= 0.3 is 6.09 Å². The number of hydrogen-bond acceptors (Lipinski definition) is 6. The number of ether oxygens (including phenoxy) is 1. The van der Waals surface area contributed by atoms with E-state index in [0.29, 0.717) is 73.6 Å². The Morgan fingerprint density at radius 1 is 1.11 bits per heavy atom. The highest BCUT2D eigenvalue weighted by molar-refractivity contribution is 6.33. The van der Waals surface area contributed by atoms with Gasteiger partial charge in [0.25, 0.3) is 5.91 Å². The Kier molecular flexibility index (Phi) is 12.2. The van der Waals surface area contributed by atoms with Crippen LogP contribution in [0.1, 0.15) is 65.2 Å². The predicted molar refractivity (Wildman–Crippen MR) is 181 cm³/mol. The number of carbonyl (C=O) groups is 3. The molecule has 0 bridgehead atoms. The second kappa shape index (κ2) is 16.1. The quantitative estimate of drug-likeness (QED) is 0.189. The lowest BCUT2D eigenvalue weighted by molar-refractivity contribution is -0.117. The van der Waals surface area contributed by atoms with Crippen LogP contribution in [0, 0.1) is 5.92 Å². The zero-order valence-corrected chi connectivity index (χ0v) is 27.7. The molecule has 1 heterocycles. The number of amides is 3. The van der Waals surface area contributed by atoms with E-state index in [9.17, 15) is 19.5 Å². The topological polar surface area (TPSA) is 134 Å². The maximum absolute atomic E-state index is 14.1. The summed E-state index contributed by atoms with van der Waals surface area (Å²) < 4.78 is 4.73. The van der Waals surface area contributed by atoms with Gasteiger partial charge in [-0.05, 0) is 79.1 Å². The van der Waals surface area contributed by atoms with Gasteiger partial charge in [0, 0.05) is 48.2 Å². The summed E-state index contributed by atoms with van der Waals surface area (Å²) in [4.78, 5) is 39.5. The fourth-order valence-corrected chi connectivity index (χ4v) is 6.81. The number of rotatable bonds is 13. The average Bonchev–Trinajstić information content (AvgIpc) is 3.06. The lowest BCUT2D eigenvalue weighted by atomic mass is 9.72. The summed E-state index contributed by atoms with van der Waals surface area (Å²) in [5.74, 6) is -1.05. The Hall–Kier alpha value is -3.92. The number of piperidine rings is 1. The summed E-state index contributed by atoms with van der Waals surface area (Å²) in [5.41, 5.74) is 9.66. The molecule has 0 spiro atoms. The number of benzene rings is 3. The number of nitrogens with one attached hydrogen (secondary N) is 2. The molecule has 9 nitrogen and oxygen atoms in total. The van der Waals surface area contributed by atoms with Gasteiger partial charge in [-0.1, -0.05) is 67.1 Å². The van der Waals surface area contributed by atoms with E-state index in [1.165, 1.54) is 7.11 Å². The van der Waals surface area contributed by atoms with Crippen molar-refractivity contribution in [1.29, 1.82) is 0 Å². The van der Waals surface area contributed by atoms with Gasteiger partial charge in [-0.3, -0.25) is 9.59 Å². The number of methoxy groups -OCH3 is 1.